The van der Waals surface area contributed by atoms with Crippen molar-refractivity contribution in [1.29, 1.82) is 0 Å². The highest BCUT2D eigenvalue weighted by Crippen LogP contribution is 2.27. The van der Waals surface area contributed by atoms with E-state index in [1.54, 1.807) is 16.7 Å². The fourth-order valence-electron chi connectivity index (χ4n) is 3.45. The molecule has 4 nitrogen and oxygen atoms in total. The molecule has 0 spiro atoms. The number of thioether (sulfide) groups is 1. The molecule has 0 aromatic heterocycles. The lowest BCUT2D eigenvalue weighted by molar-refractivity contribution is -0.141. The molecule has 21 heavy (non-hydrogen) atoms. The summed E-state index contributed by atoms with van der Waals surface area (Å²) in [6.07, 6.45) is 10.2. The Morgan fingerprint density at radius 1 is 1.24 bits per heavy atom. The van der Waals surface area contributed by atoms with Crippen molar-refractivity contribution in [2.75, 3.05) is 12.0 Å². The summed E-state index contributed by atoms with van der Waals surface area (Å²) in [4.78, 5) is 26.5. The first-order valence-electron chi connectivity index (χ1n) is 8.28. The first kappa shape index (κ1) is 16.8. The van der Waals surface area contributed by atoms with Crippen molar-refractivity contribution >= 4 is 23.6 Å². The van der Waals surface area contributed by atoms with E-state index in [0.717, 1.165) is 37.9 Å². The third-order valence-electron chi connectivity index (χ3n) is 4.67. The Morgan fingerprint density at radius 2 is 1.90 bits per heavy atom. The van der Waals surface area contributed by atoms with E-state index in [-0.39, 0.29) is 23.9 Å². The second kappa shape index (κ2) is 8.18. The maximum atomic E-state index is 12.6. The normalized spacial score (nSPS) is 26.2. The number of carbonyl (C=O) groups is 2. The minimum absolute atomic E-state index is 0.0199. The third-order valence-corrected chi connectivity index (χ3v) is 5.41. The molecule has 2 unspecified atom stereocenters. The Kier molecular flexibility index (Phi) is 6.55. The Morgan fingerprint density at radius 3 is 2.48 bits per heavy atom. The molecule has 1 saturated carbocycles. The standard InChI is InChI=1S/C16H28N2O2S/c1-3-12(11-21-2)17-14-10-15(19)18(16(14)20)13-8-6-4-5-7-9-13/h12-14,17H,3-11H2,1-2H3. The predicted molar refractivity (Wildman–Crippen MR) is 87.3 cm³/mol. The molecule has 0 aromatic rings. The van der Waals surface area contributed by atoms with Crippen LogP contribution in [0.1, 0.15) is 58.3 Å². The minimum atomic E-state index is -0.294. The summed E-state index contributed by atoms with van der Waals surface area (Å²) in [6.45, 7) is 2.12. The molecule has 2 fully saturated rings. The number of carbonyl (C=O) groups excluding carboxylic acids is 2. The van der Waals surface area contributed by atoms with Crippen LogP contribution in [0, 0.1) is 0 Å². The average Bonchev–Trinajstić information content (AvgIpc) is 2.67. The summed E-state index contributed by atoms with van der Waals surface area (Å²) < 4.78 is 0. The summed E-state index contributed by atoms with van der Waals surface area (Å²) >= 11 is 1.78. The van der Waals surface area contributed by atoms with Gasteiger partial charge in [0.1, 0.15) is 0 Å². The van der Waals surface area contributed by atoms with E-state index in [0.29, 0.717) is 12.5 Å². The number of nitrogens with one attached hydrogen (secondary N) is 1. The van der Waals surface area contributed by atoms with Crippen molar-refractivity contribution in [3.63, 3.8) is 0 Å². The van der Waals surface area contributed by atoms with Gasteiger partial charge in [-0.25, -0.2) is 0 Å². The van der Waals surface area contributed by atoms with Gasteiger partial charge < -0.3 is 5.32 Å². The van der Waals surface area contributed by atoms with Gasteiger partial charge in [0.2, 0.25) is 11.8 Å². The number of likely N-dealkylation sites (tertiary alicyclic amines) is 1. The molecule has 2 amide bonds. The van der Waals surface area contributed by atoms with Crippen LogP contribution in [0.4, 0.5) is 0 Å². The zero-order valence-electron chi connectivity index (χ0n) is 13.3. The van der Waals surface area contributed by atoms with Gasteiger partial charge in [-0.05, 0) is 25.5 Å². The Balaban J connectivity index is 1.98. The Bertz CT molecular complexity index is 367. The van der Waals surface area contributed by atoms with Crippen LogP contribution in [0.5, 0.6) is 0 Å². The molecule has 5 heteroatoms. The molecule has 1 heterocycles. The molecule has 2 rings (SSSR count). The van der Waals surface area contributed by atoms with E-state index < -0.39 is 0 Å². The minimum Gasteiger partial charge on any atom is -0.302 e. The maximum absolute atomic E-state index is 12.6. The van der Waals surface area contributed by atoms with Crippen LogP contribution in [0.15, 0.2) is 0 Å². The van der Waals surface area contributed by atoms with Crippen LogP contribution in [-0.2, 0) is 9.59 Å². The van der Waals surface area contributed by atoms with Crippen molar-refractivity contribution < 1.29 is 9.59 Å². The fraction of sp³-hybridized carbons (Fsp3) is 0.875. The summed E-state index contributed by atoms with van der Waals surface area (Å²) in [5.41, 5.74) is 0. The first-order valence-corrected chi connectivity index (χ1v) is 9.67. The number of nitrogens with zero attached hydrogens (tertiary/aromatic N) is 1. The number of rotatable bonds is 6. The van der Waals surface area contributed by atoms with E-state index >= 15 is 0 Å². The molecule has 2 atom stereocenters. The number of hydrogen-bond donors (Lipinski definition) is 1. The van der Waals surface area contributed by atoms with Crippen LogP contribution in [0.2, 0.25) is 0 Å². The molecule has 1 saturated heterocycles. The summed E-state index contributed by atoms with van der Waals surface area (Å²) in [5.74, 6) is 1.03. The van der Waals surface area contributed by atoms with Crippen LogP contribution >= 0.6 is 11.8 Å². The molecular formula is C16H28N2O2S. The first-order chi connectivity index (χ1) is 10.2. The lowest BCUT2D eigenvalue weighted by atomic mass is 10.1. The molecule has 120 valence electrons. The highest BCUT2D eigenvalue weighted by atomic mass is 32.2. The second-order valence-corrected chi connectivity index (χ2v) is 7.14. The zero-order valence-corrected chi connectivity index (χ0v) is 14.1. The molecular weight excluding hydrogens is 284 g/mol. The van der Waals surface area contributed by atoms with Crippen LogP contribution < -0.4 is 5.32 Å². The maximum Gasteiger partial charge on any atom is 0.247 e. The van der Waals surface area contributed by atoms with Gasteiger partial charge in [-0.3, -0.25) is 14.5 Å². The largest absolute Gasteiger partial charge is 0.302 e. The van der Waals surface area contributed by atoms with Gasteiger partial charge in [-0.2, -0.15) is 11.8 Å². The molecule has 1 N–H and O–H groups in total. The third kappa shape index (κ3) is 4.22. The van der Waals surface area contributed by atoms with Gasteiger partial charge in [-0.15, -0.1) is 0 Å². The highest BCUT2D eigenvalue weighted by Gasteiger charge is 2.42. The quantitative estimate of drug-likeness (QED) is 0.605. The molecule has 0 bridgehead atoms. The van der Waals surface area contributed by atoms with Crippen molar-refractivity contribution in [1.82, 2.24) is 10.2 Å². The van der Waals surface area contributed by atoms with Gasteiger partial charge in [-0.1, -0.05) is 32.6 Å². The topological polar surface area (TPSA) is 49.4 Å². The zero-order chi connectivity index (χ0) is 15.2. The van der Waals surface area contributed by atoms with Crippen molar-refractivity contribution in [2.45, 2.75) is 76.4 Å². The van der Waals surface area contributed by atoms with E-state index in [1.165, 1.54) is 12.8 Å². The second-order valence-electron chi connectivity index (χ2n) is 6.23. The predicted octanol–water partition coefficient (Wildman–Crippen LogP) is 2.57. The molecule has 1 aliphatic carbocycles. The summed E-state index contributed by atoms with van der Waals surface area (Å²) in [7, 11) is 0. The number of amides is 2. The van der Waals surface area contributed by atoms with Crippen molar-refractivity contribution in [2.24, 2.45) is 0 Å². The molecule has 2 aliphatic rings. The highest BCUT2D eigenvalue weighted by molar-refractivity contribution is 7.98. The van der Waals surface area contributed by atoms with Crippen LogP contribution in [-0.4, -0.2) is 46.8 Å². The van der Waals surface area contributed by atoms with E-state index in [1.807, 2.05) is 0 Å². The fourth-order valence-corrected chi connectivity index (χ4v) is 4.18. The Hall–Kier alpha value is -0.550. The summed E-state index contributed by atoms with van der Waals surface area (Å²) in [6, 6.07) is 0.175. The monoisotopic (exact) mass is 312 g/mol. The number of hydrogen-bond acceptors (Lipinski definition) is 4. The smallest absolute Gasteiger partial charge is 0.247 e. The van der Waals surface area contributed by atoms with Gasteiger partial charge in [0, 0.05) is 17.8 Å². The van der Waals surface area contributed by atoms with Crippen LogP contribution in [0.25, 0.3) is 0 Å². The lowest BCUT2D eigenvalue weighted by Crippen LogP contribution is -2.47. The van der Waals surface area contributed by atoms with Gasteiger partial charge in [0.05, 0.1) is 12.5 Å². The van der Waals surface area contributed by atoms with E-state index in [9.17, 15) is 9.59 Å². The van der Waals surface area contributed by atoms with E-state index in [4.69, 9.17) is 0 Å². The summed E-state index contributed by atoms with van der Waals surface area (Å²) in [5, 5.41) is 3.40. The Labute approximate surface area is 132 Å². The lowest BCUT2D eigenvalue weighted by Gasteiger charge is -2.26. The van der Waals surface area contributed by atoms with Gasteiger partial charge in [0.15, 0.2) is 0 Å². The molecule has 0 radical (unpaired) electrons. The molecule has 0 aromatic carbocycles. The van der Waals surface area contributed by atoms with Crippen molar-refractivity contribution in [3.8, 4) is 0 Å². The van der Waals surface area contributed by atoms with E-state index in [2.05, 4.69) is 18.5 Å². The van der Waals surface area contributed by atoms with Crippen molar-refractivity contribution in [3.05, 3.63) is 0 Å². The SMILES string of the molecule is CCC(CSC)NC1CC(=O)N(C2CCCCCC2)C1=O. The van der Waals surface area contributed by atoms with Crippen LogP contribution in [0.3, 0.4) is 0 Å². The average molecular weight is 312 g/mol. The molecule has 1 aliphatic heterocycles. The van der Waals surface area contributed by atoms with Gasteiger partial charge >= 0.3 is 0 Å². The number of imide groups is 1. The van der Waals surface area contributed by atoms with Gasteiger partial charge in [0.25, 0.3) is 0 Å².